The average Bonchev–Trinajstić information content (AvgIpc) is 2.34. The van der Waals surface area contributed by atoms with Crippen molar-refractivity contribution in [2.24, 2.45) is 11.8 Å². The van der Waals surface area contributed by atoms with Crippen molar-refractivity contribution in [1.29, 1.82) is 0 Å². The summed E-state index contributed by atoms with van der Waals surface area (Å²) in [4.78, 5) is 22.3. The van der Waals surface area contributed by atoms with Crippen LogP contribution in [0, 0.1) is 11.8 Å². The van der Waals surface area contributed by atoms with E-state index >= 15 is 0 Å². The molecule has 124 valence electrons. The predicted molar refractivity (Wildman–Crippen MR) is 80.9 cm³/mol. The molecule has 3 N–H and O–H groups in total. The second-order valence-electron chi connectivity index (χ2n) is 5.47. The summed E-state index contributed by atoms with van der Waals surface area (Å²) in [7, 11) is -3.10. The third kappa shape index (κ3) is 11.1. The number of nitrogens with one attached hydrogen (secondary N) is 2. The molecule has 0 radical (unpaired) electrons. The van der Waals surface area contributed by atoms with Crippen LogP contribution in [0.4, 0.5) is 4.79 Å². The smallest absolute Gasteiger partial charge is 0.314 e. The Balaban J connectivity index is 4.10. The van der Waals surface area contributed by atoms with Crippen LogP contribution in [0.15, 0.2) is 0 Å². The quantitative estimate of drug-likeness (QED) is 0.552. The van der Waals surface area contributed by atoms with Crippen molar-refractivity contribution in [3.63, 3.8) is 0 Å². The van der Waals surface area contributed by atoms with Crippen molar-refractivity contribution in [3.05, 3.63) is 0 Å². The van der Waals surface area contributed by atoms with E-state index in [1.165, 1.54) is 0 Å². The third-order valence-corrected chi connectivity index (χ3v) is 4.66. The molecule has 0 spiro atoms. The topological polar surface area (TPSA) is 113 Å². The molecule has 1 atom stereocenters. The largest absolute Gasteiger partial charge is 0.481 e. The highest BCUT2D eigenvalue weighted by Gasteiger charge is 2.16. The van der Waals surface area contributed by atoms with E-state index in [2.05, 4.69) is 10.6 Å². The molecule has 8 heteroatoms. The van der Waals surface area contributed by atoms with Crippen LogP contribution in [0.5, 0.6) is 0 Å². The zero-order chi connectivity index (χ0) is 16.5. The number of rotatable bonds is 10. The molecule has 21 heavy (non-hydrogen) atoms. The molecule has 0 aliphatic rings. The maximum absolute atomic E-state index is 11.5. The minimum atomic E-state index is -3.10. The minimum absolute atomic E-state index is 0.00265. The summed E-state index contributed by atoms with van der Waals surface area (Å²) in [6.45, 7) is 5.85. The Morgan fingerprint density at radius 2 is 1.81 bits per heavy atom. The van der Waals surface area contributed by atoms with E-state index in [1.807, 2.05) is 13.8 Å². The maximum atomic E-state index is 11.5. The van der Waals surface area contributed by atoms with Crippen LogP contribution in [-0.2, 0) is 14.6 Å². The van der Waals surface area contributed by atoms with Gasteiger partial charge in [-0.3, -0.25) is 4.79 Å². The van der Waals surface area contributed by atoms with Gasteiger partial charge in [-0.25, -0.2) is 13.2 Å². The summed E-state index contributed by atoms with van der Waals surface area (Å²) in [5.41, 5.74) is 0. The Labute approximate surface area is 126 Å². The molecule has 0 saturated heterocycles. The molecular formula is C13H26N2O5S. The Bertz CT molecular complexity index is 434. The predicted octanol–water partition coefficient (Wildman–Crippen LogP) is 0.857. The second-order valence-corrected chi connectivity index (χ2v) is 7.94. The molecule has 0 aliphatic carbocycles. The van der Waals surface area contributed by atoms with Crippen molar-refractivity contribution in [3.8, 4) is 0 Å². The van der Waals surface area contributed by atoms with Crippen LogP contribution in [0.3, 0.4) is 0 Å². The minimum Gasteiger partial charge on any atom is -0.481 e. The van der Waals surface area contributed by atoms with Crippen molar-refractivity contribution in [1.82, 2.24) is 10.6 Å². The van der Waals surface area contributed by atoms with Crippen molar-refractivity contribution < 1.29 is 23.1 Å². The first kappa shape index (κ1) is 19.7. The van der Waals surface area contributed by atoms with Crippen LogP contribution >= 0.6 is 0 Å². The summed E-state index contributed by atoms with van der Waals surface area (Å²) in [5, 5.41) is 13.9. The van der Waals surface area contributed by atoms with Crippen LogP contribution in [0.25, 0.3) is 0 Å². The van der Waals surface area contributed by atoms with Gasteiger partial charge in [-0.05, 0) is 18.3 Å². The Morgan fingerprint density at radius 3 is 2.29 bits per heavy atom. The lowest BCUT2D eigenvalue weighted by molar-refractivity contribution is -0.138. The van der Waals surface area contributed by atoms with Gasteiger partial charge in [0.2, 0.25) is 0 Å². The number of aliphatic carboxylic acids is 1. The zero-order valence-corrected chi connectivity index (χ0v) is 13.7. The van der Waals surface area contributed by atoms with Gasteiger partial charge >= 0.3 is 12.0 Å². The SMILES string of the molecule is CCS(=O)(=O)CCNC(=O)NCC(CC(=O)O)CC(C)C. The van der Waals surface area contributed by atoms with Gasteiger partial charge in [0.1, 0.15) is 0 Å². The van der Waals surface area contributed by atoms with E-state index in [4.69, 9.17) is 5.11 Å². The van der Waals surface area contributed by atoms with E-state index in [0.717, 1.165) is 0 Å². The number of hydrogen-bond acceptors (Lipinski definition) is 4. The zero-order valence-electron chi connectivity index (χ0n) is 12.9. The van der Waals surface area contributed by atoms with Gasteiger partial charge < -0.3 is 15.7 Å². The van der Waals surface area contributed by atoms with Gasteiger partial charge in [0.15, 0.2) is 9.84 Å². The van der Waals surface area contributed by atoms with Crippen LogP contribution in [0.2, 0.25) is 0 Å². The van der Waals surface area contributed by atoms with Crippen molar-refractivity contribution in [2.45, 2.75) is 33.6 Å². The summed E-state index contributed by atoms with van der Waals surface area (Å²) >= 11 is 0. The fraction of sp³-hybridized carbons (Fsp3) is 0.846. The molecule has 0 bridgehead atoms. The van der Waals surface area contributed by atoms with Crippen LogP contribution < -0.4 is 10.6 Å². The number of carboxylic acid groups (broad SMARTS) is 1. The standard InChI is InChI=1S/C13H26N2O5S/c1-4-21(19,20)6-5-14-13(18)15-9-11(7-10(2)3)8-12(16)17/h10-11H,4-9H2,1-3H3,(H,16,17)(H2,14,15,18). The first-order valence-electron chi connectivity index (χ1n) is 7.10. The molecule has 0 heterocycles. The third-order valence-electron chi connectivity index (χ3n) is 2.96. The number of carboxylic acids is 1. The number of carbonyl (C=O) groups is 2. The first-order chi connectivity index (χ1) is 9.66. The molecule has 0 aromatic rings. The molecule has 0 aromatic heterocycles. The van der Waals surface area contributed by atoms with E-state index < -0.39 is 21.8 Å². The molecule has 0 saturated carbocycles. The highest BCUT2D eigenvalue weighted by Crippen LogP contribution is 2.14. The molecule has 0 fully saturated rings. The fourth-order valence-electron chi connectivity index (χ4n) is 1.92. The van der Waals surface area contributed by atoms with Gasteiger partial charge in [-0.15, -0.1) is 0 Å². The highest BCUT2D eigenvalue weighted by atomic mass is 32.2. The number of amides is 2. The Hall–Kier alpha value is -1.31. The summed E-state index contributed by atoms with van der Waals surface area (Å²) in [6.07, 6.45) is 0.708. The maximum Gasteiger partial charge on any atom is 0.314 e. The summed E-state index contributed by atoms with van der Waals surface area (Å²) in [5.74, 6) is -0.731. The Kier molecular flexibility index (Phi) is 9.00. The number of carbonyl (C=O) groups excluding carboxylic acids is 1. The molecular weight excluding hydrogens is 296 g/mol. The van der Waals surface area contributed by atoms with Gasteiger partial charge in [0, 0.05) is 25.3 Å². The highest BCUT2D eigenvalue weighted by molar-refractivity contribution is 7.91. The lowest BCUT2D eigenvalue weighted by Crippen LogP contribution is -2.40. The van der Waals surface area contributed by atoms with E-state index in [9.17, 15) is 18.0 Å². The number of urea groups is 1. The molecule has 7 nitrogen and oxygen atoms in total. The van der Waals surface area contributed by atoms with Crippen LogP contribution in [-0.4, -0.2) is 50.1 Å². The number of hydrogen-bond donors (Lipinski definition) is 3. The second kappa shape index (κ2) is 9.59. The first-order valence-corrected chi connectivity index (χ1v) is 8.92. The van der Waals surface area contributed by atoms with E-state index in [1.54, 1.807) is 6.92 Å². The van der Waals surface area contributed by atoms with Gasteiger partial charge in [0.05, 0.1) is 5.75 Å². The summed E-state index contributed by atoms with van der Waals surface area (Å²) < 4.78 is 22.5. The van der Waals surface area contributed by atoms with Crippen molar-refractivity contribution >= 4 is 21.8 Å². The lowest BCUT2D eigenvalue weighted by Gasteiger charge is -2.18. The van der Waals surface area contributed by atoms with Crippen molar-refractivity contribution in [2.75, 3.05) is 24.6 Å². The molecule has 0 rings (SSSR count). The number of sulfone groups is 1. The van der Waals surface area contributed by atoms with Gasteiger partial charge in [-0.1, -0.05) is 20.8 Å². The molecule has 0 aliphatic heterocycles. The monoisotopic (exact) mass is 322 g/mol. The van der Waals surface area contributed by atoms with Gasteiger partial charge in [-0.2, -0.15) is 0 Å². The van der Waals surface area contributed by atoms with E-state index in [-0.39, 0.29) is 36.9 Å². The lowest BCUT2D eigenvalue weighted by atomic mass is 9.94. The average molecular weight is 322 g/mol. The fourth-order valence-corrected chi connectivity index (χ4v) is 2.62. The normalized spacial score (nSPS) is 13.0. The van der Waals surface area contributed by atoms with Crippen LogP contribution in [0.1, 0.15) is 33.6 Å². The molecule has 1 unspecified atom stereocenters. The molecule has 2 amide bonds. The van der Waals surface area contributed by atoms with E-state index in [0.29, 0.717) is 12.3 Å². The summed E-state index contributed by atoms with van der Waals surface area (Å²) in [6, 6.07) is -0.472. The van der Waals surface area contributed by atoms with Gasteiger partial charge in [0.25, 0.3) is 0 Å². The Morgan fingerprint density at radius 1 is 1.19 bits per heavy atom. The molecule has 0 aromatic carbocycles.